The summed E-state index contributed by atoms with van der Waals surface area (Å²) in [7, 11) is 0. The molecule has 189 valence electrons. The van der Waals surface area contributed by atoms with Crippen molar-refractivity contribution in [1.29, 1.82) is 0 Å². The van der Waals surface area contributed by atoms with Crippen LogP contribution in [-0.2, 0) is 0 Å². The molecule has 8 bridgehead atoms. The first-order chi connectivity index (χ1) is 19.8. The summed E-state index contributed by atoms with van der Waals surface area (Å²) in [5.74, 6) is 2.39. The van der Waals surface area contributed by atoms with Crippen LogP contribution in [0.5, 0.6) is 0 Å². The summed E-state index contributed by atoms with van der Waals surface area (Å²) in [5.41, 5.74) is 6.45. The summed E-state index contributed by atoms with van der Waals surface area (Å²) in [5, 5.41) is 3.82. The van der Waals surface area contributed by atoms with Gasteiger partial charge in [0.25, 0.3) is 0 Å². The quantitative estimate of drug-likeness (QED) is 0.174. The molecule has 0 saturated heterocycles. The van der Waals surface area contributed by atoms with Gasteiger partial charge in [-0.15, -0.1) is 0 Å². The van der Waals surface area contributed by atoms with Gasteiger partial charge in [0.05, 0.1) is 0 Å². The first-order valence-corrected chi connectivity index (χ1v) is 13.0. The predicted octanol–water partition coefficient (Wildman–Crippen LogP) is 6.49. The van der Waals surface area contributed by atoms with E-state index in [-0.39, 0.29) is 27.3 Å². The molecule has 41 heavy (non-hydrogen) atoms. The Hall–Kier alpha value is -4.84. The summed E-state index contributed by atoms with van der Waals surface area (Å²) >= 11 is 0. The average Bonchev–Trinajstić information content (AvgIpc) is 3.73. The molecule has 0 fully saturated rings. The van der Waals surface area contributed by atoms with Crippen LogP contribution < -0.4 is 0 Å². The van der Waals surface area contributed by atoms with E-state index in [0.29, 0.717) is 45.9 Å². The fourth-order valence-electron chi connectivity index (χ4n) is 5.59. The van der Waals surface area contributed by atoms with E-state index in [1.807, 2.05) is 97.1 Å². The van der Waals surface area contributed by atoms with E-state index in [0.717, 1.165) is 43.8 Å². The first-order valence-electron chi connectivity index (χ1n) is 13.0. The molecule has 0 spiro atoms. The molecule has 0 amide bonds. The van der Waals surface area contributed by atoms with Gasteiger partial charge >= 0.3 is 0 Å². The van der Waals surface area contributed by atoms with Gasteiger partial charge in [-0.2, -0.15) is 0 Å². The Balaban J connectivity index is 0.00000256. The molecule has 9 rings (SSSR count). The largest absolute Gasteiger partial charge is 0.324 e. The average molecular weight is 719 g/mol. The minimum absolute atomic E-state index is 0. The molecule has 8 nitrogen and oxygen atoms in total. The number of benzene rings is 4. The van der Waals surface area contributed by atoms with Crippen molar-refractivity contribution in [3.8, 4) is 45.6 Å². The van der Waals surface area contributed by atoms with E-state index in [1.165, 1.54) is 0 Å². The minimum atomic E-state index is 0. The number of aromatic amines is 2. The van der Waals surface area contributed by atoms with Crippen molar-refractivity contribution in [2.24, 2.45) is 0 Å². The van der Waals surface area contributed by atoms with E-state index >= 15 is 0 Å². The molecule has 2 aliphatic heterocycles. The molecular formula is C32H18N8Tl. The smallest absolute Gasteiger partial charge is 0.164 e. The monoisotopic (exact) mass is 719 g/mol. The van der Waals surface area contributed by atoms with Gasteiger partial charge in [0.1, 0.15) is 22.6 Å². The third-order valence-corrected chi connectivity index (χ3v) is 7.46. The number of H-pyrrole nitrogens is 2. The van der Waals surface area contributed by atoms with Crippen LogP contribution in [0.3, 0.4) is 0 Å². The standard InChI is InChI=1S/C32H18N8.Tl/c1-2-10-18-17(9-1)25-33-26(18)38-28-21-13-5-6-14-22(21)30(35-28)40-32-24-16-8-7-15-23(24)31(36-32)39-29-20-12-4-3-11-19(20)27(34-29)37-25;/h1-16H,(H2,33,34,35,36,37,38,39,40);. The van der Waals surface area contributed by atoms with E-state index in [4.69, 9.17) is 29.9 Å². The van der Waals surface area contributed by atoms with Crippen molar-refractivity contribution in [3.63, 3.8) is 0 Å². The molecule has 2 aliphatic rings. The molecule has 3 aromatic heterocycles. The normalized spacial score (nSPS) is 11.7. The maximum Gasteiger partial charge on any atom is 0.164 e. The van der Waals surface area contributed by atoms with Crippen molar-refractivity contribution in [1.82, 2.24) is 39.9 Å². The molecule has 0 aliphatic carbocycles. The molecule has 0 atom stereocenters. The van der Waals surface area contributed by atoms with Crippen LogP contribution in [0.4, 0.5) is 0 Å². The van der Waals surface area contributed by atoms with Crippen LogP contribution in [0, 0.1) is 0 Å². The van der Waals surface area contributed by atoms with Gasteiger partial charge < -0.3 is 9.97 Å². The molecule has 0 unspecified atom stereocenters. The third-order valence-electron chi connectivity index (χ3n) is 7.46. The molecule has 0 saturated carbocycles. The maximum atomic E-state index is 5.02. The van der Waals surface area contributed by atoms with Crippen LogP contribution in [0.25, 0.3) is 89.7 Å². The summed E-state index contributed by atoms with van der Waals surface area (Å²) < 4.78 is 0. The Morgan fingerprint density at radius 3 is 0.829 bits per heavy atom. The van der Waals surface area contributed by atoms with Gasteiger partial charge in [0, 0.05) is 71.1 Å². The fourth-order valence-corrected chi connectivity index (χ4v) is 5.59. The minimum Gasteiger partial charge on any atom is -0.324 e. The van der Waals surface area contributed by atoms with Gasteiger partial charge in [0.15, 0.2) is 23.3 Å². The molecule has 1 radical (unpaired) electrons. The predicted molar refractivity (Wildman–Crippen MR) is 162 cm³/mol. The summed E-state index contributed by atoms with van der Waals surface area (Å²) in [6.07, 6.45) is 0. The maximum absolute atomic E-state index is 5.02. The zero-order chi connectivity index (χ0) is 26.2. The molecule has 5 heterocycles. The number of nitrogens with zero attached hydrogens (tertiary/aromatic N) is 6. The number of hydrogen-bond donors (Lipinski definition) is 2. The Morgan fingerprint density at radius 1 is 0.317 bits per heavy atom. The van der Waals surface area contributed by atoms with Gasteiger partial charge in [-0.05, 0) is 0 Å². The fraction of sp³-hybridized carbons (Fsp3) is 0. The van der Waals surface area contributed by atoms with E-state index < -0.39 is 0 Å². The summed E-state index contributed by atoms with van der Waals surface area (Å²) in [6.45, 7) is 0. The Bertz CT molecular complexity index is 2030. The Morgan fingerprint density at radius 2 is 0.561 bits per heavy atom. The second kappa shape index (κ2) is 9.10. The van der Waals surface area contributed by atoms with Crippen molar-refractivity contribution < 1.29 is 0 Å². The number of hydrogen-bond acceptors (Lipinski definition) is 6. The topological polar surface area (TPSA) is 109 Å². The number of aromatic nitrogens is 8. The number of rotatable bonds is 0. The third kappa shape index (κ3) is 3.63. The zero-order valence-electron chi connectivity index (χ0n) is 21.5. The molecule has 4 aromatic carbocycles. The molecule has 9 heteroatoms. The van der Waals surface area contributed by atoms with Gasteiger partial charge in [-0.3, -0.25) is 0 Å². The van der Waals surface area contributed by atoms with Gasteiger partial charge in [-0.25, -0.2) is 29.9 Å². The second-order valence-electron chi connectivity index (χ2n) is 9.79. The van der Waals surface area contributed by atoms with Crippen LogP contribution in [0.1, 0.15) is 0 Å². The van der Waals surface area contributed by atoms with Crippen molar-refractivity contribution in [3.05, 3.63) is 97.1 Å². The van der Waals surface area contributed by atoms with E-state index in [9.17, 15) is 0 Å². The van der Waals surface area contributed by atoms with Crippen molar-refractivity contribution >= 4 is 71.4 Å². The van der Waals surface area contributed by atoms with Crippen molar-refractivity contribution in [2.75, 3.05) is 0 Å². The van der Waals surface area contributed by atoms with Crippen LogP contribution in [-0.4, -0.2) is 67.2 Å². The first kappa shape index (κ1) is 24.0. The van der Waals surface area contributed by atoms with Gasteiger partial charge in [-0.1, -0.05) is 97.1 Å². The number of fused-ring (bicyclic) bond motifs is 20. The Kier molecular flexibility index (Phi) is 5.33. The number of nitrogens with one attached hydrogen (secondary N) is 2. The van der Waals surface area contributed by atoms with Crippen LogP contribution in [0.2, 0.25) is 0 Å². The SMILES string of the molecule is [Tl].c1ccc2c(c1)-c1nc-2nc2[nH]c(nc3nc(nc4[nH]c(n1)c1ccccc41)-c1ccccc1-3)c1ccccc21. The molecule has 7 aromatic rings. The molecular weight excluding hydrogens is 701 g/mol. The molecule has 2 N–H and O–H groups in total. The summed E-state index contributed by atoms with van der Waals surface area (Å²) in [6, 6.07) is 32.2. The van der Waals surface area contributed by atoms with E-state index in [2.05, 4.69) is 9.97 Å². The van der Waals surface area contributed by atoms with Crippen LogP contribution >= 0.6 is 0 Å². The zero-order valence-corrected chi connectivity index (χ0v) is 26.0. The van der Waals surface area contributed by atoms with Crippen molar-refractivity contribution in [2.45, 2.75) is 0 Å². The second-order valence-corrected chi connectivity index (χ2v) is 9.79. The van der Waals surface area contributed by atoms with E-state index in [1.54, 1.807) is 0 Å². The Labute approximate surface area is 252 Å². The van der Waals surface area contributed by atoms with Gasteiger partial charge in [0.2, 0.25) is 0 Å². The summed E-state index contributed by atoms with van der Waals surface area (Å²) in [4.78, 5) is 36.8. The van der Waals surface area contributed by atoms with Crippen LogP contribution in [0.15, 0.2) is 97.1 Å².